The second-order valence-corrected chi connectivity index (χ2v) is 10.5. The highest BCUT2D eigenvalue weighted by atomic mass is 16.5. The van der Waals surface area contributed by atoms with Gasteiger partial charge in [-0.05, 0) is 92.3 Å². The molecule has 4 nitrogen and oxygen atoms in total. The molecule has 4 fully saturated rings. The molecule has 1 N–H and O–H groups in total. The van der Waals surface area contributed by atoms with E-state index in [2.05, 4.69) is 13.8 Å². The number of ketones is 1. The molecule has 8 unspecified atom stereocenters. The lowest BCUT2D eigenvalue weighted by Crippen LogP contribution is -2.54. The molecule has 0 radical (unpaired) electrons. The predicted octanol–water partition coefficient (Wildman–Crippen LogP) is 4.14. The molecule has 0 aromatic rings. The topological polar surface area (TPSA) is 63.6 Å². The van der Waals surface area contributed by atoms with Crippen molar-refractivity contribution in [3.63, 3.8) is 0 Å². The van der Waals surface area contributed by atoms with Gasteiger partial charge in [0.05, 0.1) is 0 Å². The zero-order valence-electron chi connectivity index (χ0n) is 17.2. The number of rotatable bonds is 3. The molecule has 0 amide bonds. The summed E-state index contributed by atoms with van der Waals surface area (Å²) in [5.74, 6) is 2.77. The van der Waals surface area contributed by atoms with Crippen LogP contribution in [0.15, 0.2) is 0 Å². The van der Waals surface area contributed by atoms with E-state index in [0.717, 1.165) is 43.9 Å². The predicted molar refractivity (Wildman–Crippen MR) is 103 cm³/mol. The lowest BCUT2D eigenvalue weighted by molar-refractivity contribution is -0.161. The van der Waals surface area contributed by atoms with Crippen LogP contribution in [0.25, 0.3) is 0 Å². The summed E-state index contributed by atoms with van der Waals surface area (Å²) in [6.45, 7) is 6.08. The molecule has 0 saturated heterocycles. The van der Waals surface area contributed by atoms with Gasteiger partial charge in [-0.1, -0.05) is 13.8 Å². The minimum absolute atomic E-state index is 0.0682. The Hall–Kier alpha value is -0.900. The van der Waals surface area contributed by atoms with E-state index in [9.17, 15) is 14.7 Å². The van der Waals surface area contributed by atoms with Crippen molar-refractivity contribution in [2.45, 2.75) is 84.7 Å². The Labute approximate surface area is 163 Å². The summed E-state index contributed by atoms with van der Waals surface area (Å²) in [4.78, 5) is 23.7. The molecule has 8 atom stereocenters. The number of hydrogen-bond acceptors (Lipinski definition) is 4. The summed E-state index contributed by atoms with van der Waals surface area (Å²) >= 11 is 0. The van der Waals surface area contributed by atoms with Crippen molar-refractivity contribution >= 4 is 11.8 Å². The fourth-order valence-electron chi connectivity index (χ4n) is 8.20. The van der Waals surface area contributed by atoms with E-state index in [4.69, 9.17) is 4.74 Å². The van der Waals surface area contributed by atoms with E-state index in [1.165, 1.54) is 32.6 Å². The molecule has 4 aliphatic carbocycles. The maximum absolute atomic E-state index is 12.4. The van der Waals surface area contributed by atoms with Gasteiger partial charge in [0.25, 0.3) is 0 Å². The normalized spacial score (nSPS) is 48.9. The van der Waals surface area contributed by atoms with Gasteiger partial charge in [-0.2, -0.15) is 0 Å². The van der Waals surface area contributed by atoms with Gasteiger partial charge in [0.2, 0.25) is 0 Å². The van der Waals surface area contributed by atoms with Crippen LogP contribution in [0, 0.1) is 40.4 Å². The zero-order chi connectivity index (χ0) is 19.4. The third-order valence-electron chi connectivity index (χ3n) is 9.49. The molecular weight excluding hydrogens is 340 g/mol. The van der Waals surface area contributed by atoms with Crippen molar-refractivity contribution in [1.29, 1.82) is 0 Å². The second kappa shape index (κ2) is 6.86. The van der Waals surface area contributed by atoms with Crippen LogP contribution in [0.2, 0.25) is 0 Å². The van der Waals surface area contributed by atoms with E-state index >= 15 is 0 Å². The van der Waals surface area contributed by atoms with E-state index < -0.39 is 0 Å². The summed E-state index contributed by atoms with van der Waals surface area (Å²) < 4.78 is 5.56. The van der Waals surface area contributed by atoms with Gasteiger partial charge in [-0.15, -0.1) is 0 Å². The molecule has 27 heavy (non-hydrogen) atoms. The van der Waals surface area contributed by atoms with Crippen LogP contribution in [0.5, 0.6) is 0 Å². The number of carbonyl (C=O) groups is 2. The van der Waals surface area contributed by atoms with Crippen LogP contribution in [-0.4, -0.2) is 29.6 Å². The number of ether oxygens (including phenoxy) is 1. The summed E-state index contributed by atoms with van der Waals surface area (Å²) in [6.07, 6.45) is 10.3. The fourth-order valence-corrected chi connectivity index (χ4v) is 8.20. The molecule has 0 bridgehead atoms. The van der Waals surface area contributed by atoms with Crippen LogP contribution in [0.3, 0.4) is 0 Å². The first-order valence-electron chi connectivity index (χ1n) is 11.1. The number of Topliss-reactive ketones (excluding diaryl/α,β-unsaturated/α-hetero) is 1. The van der Waals surface area contributed by atoms with Crippen molar-refractivity contribution in [3.05, 3.63) is 0 Å². The number of hydrogen-bond donors (Lipinski definition) is 1. The van der Waals surface area contributed by atoms with Crippen LogP contribution < -0.4 is 0 Å². The molecule has 0 aromatic carbocycles. The molecular formula is C23H36O4. The highest BCUT2D eigenvalue weighted by Crippen LogP contribution is 2.67. The summed E-state index contributed by atoms with van der Waals surface area (Å²) in [6, 6.07) is 0. The van der Waals surface area contributed by atoms with Crippen LogP contribution in [-0.2, 0) is 14.3 Å². The largest absolute Gasteiger partial charge is 0.463 e. The van der Waals surface area contributed by atoms with Crippen LogP contribution >= 0.6 is 0 Å². The Balaban J connectivity index is 1.53. The fraction of sp³-hybridized carbons (Fsp3) is 0.913. The number of carbonyl (C=O) groups excluding carboxylic acids is 2. The Kier molecular flexibility index (Phi) is 4.93. The van der Waals surface area contributed by atoms with E-state index in [1.807, 2.05) is 0 Å². The quantitative estimate of drug-likeness (QED) is 0.752. The van der Waals surface area contributed by atoms with E-state index in [1.54, 1.807) is 0 Å². The molecule has 0 aromatic heterocycles. The van der Waals surface area contributed by atoms with Crippen molar-refractivity contribution in [1.82, 2.24) is 0 Å². The van der Waals surface area contributed by atoms with Crippen LogP contribution in [0.1, 0.15) is 78.6 Å². The minimum Gasteiger partial charge on any atom is -0.463 e. The first-order valence-corrected chi connectivity index (χ1v) is 11.1. The molecule has 4 saturated carbocycles. The first-order chi connectivity index (χ1) is 12.8. The molecule has 0 aliphatic heterocycles. The van der Waals surface area contributed by atoms with Crippen LogP contribution in [0.4, 0.5) is 0 Å². The molecule has 0 heterocycles. The number of esters is 1. The highest BCUT2D eigenvalue weighted by Gasteiger charge is 2.61. The van der Waals surface area contributed by atoms with Crippen molar-refractivity contribution in [2.75, 3.05) is 6.61 Å². The maximum Gasteiger partial charge on any atom is 0.302 e. The third kappa shape index (κ3) is 2.97. The van der Waals surface area contributed by atoms with E-state index in [0.29, 0.717) is 17.3 Å². The Bertz CT molecular complexity index is 615. The van der Waals surface area contributed by atoms with Gasteiger partial charge in [0.15, 0.2) is 5.78 Å². The van der Waals surface area contributed by atoms with Gasteiger partial charge in [-0.25, -0.2) is 0 Å². The third-order valence-corrected chi connectivity index (χ3v) is 9.49. The lowest BCUT2D eigenvalue weighted by Gasteiger charge is -2.61. The number of fused-ring (bicyclic) bond motifs is 5. The molecule has 0 spiro atoms. The monoisotopic (exact) mass is 376 g/mol. The Morgan fingerprint density at radius 3 is 2.37 bits per heavy atom. The van der Waals surface area contributed by atoms with Gasteiger partial charge in [0.1, 0.15) is 12.7 Å². The van der Waals surface area contributed by atoms with Gasteiger partial charge in [-0.3, -0.25) is 9.59 Å². The van der Waals surface area contributed by atoms with Gasteiger partial charge < -0.3 is 9.84 Å². The molecule has 4 rings (SSSR count). The smallest absolute Gasteiger partial charge is 0.302 e. The lowest BCUT2D eigenvalue weighted by atomic mass is 9.44. The van der Waals surface area contributed by atoms with E-state index in [-0.39, 0.29) is 35.8 Å². The summed E-state index contributed by atoms with van der Waals surface area (Å²) in [5, 5.41) is 9.43. The SMILES string of the molecule is CC(=O)OC1CCC2(C)C(CCC3C2CCC2(C)C(C(=O)CO)CCC32)C1. The van der Waals surface area contributed by atoms with Crippen molar-refractivity contribution in [2.24, 2.45) is 40.4 Å². The maximum atomic E-state index is 12.4. The van der Waals surface area contributed by atoms with Gasteiger partial charge >= 0.3 is 5.97 Å². The average Bonchev–Trinajstić information content (AvgIpc) is 2.98. The standard InChI is InChI=1S/C23H36O4/c1-14(25)27-16-8-10-22(2)15(12-16)4-5-17-18-6-7-20(21(26)13-24)23(18,3)11-9-19(17)22/h15-20,24H,4-13H2,1-3H3. The minimum atomic E-state index is -0.293. The summed E-state index contributed by atoms with van der Waals surface area (Å²) in [7, 11) is 0. The van der Waals surface area contributed by atoms with Gasteiger partial charge in [0, 0.05) is 12.8 Å². The Morgan fingerprint density at radius 1 is 0.963 bits per heavy atom. The zero-order valence-corrected chi connectivity index (χ0v) is 17.2. The molecule has 4 heteroatoms. The number of aliphatic hydroxyl groups is 1. The molecule has 152 valence electrons. The molecule has 4 aliphatic rings. The second-order valence-electron chi connectivity index (χ2n) is 10.5. The average molecular weight is 377 g/mol. The van der Waals surface area contributed by atoms with Crippen molar-refractivity contribution in [3.8, 4) is 0 Å². The Morgan fingerprint density at radius 2 is 1.67 bits per heavy atom. The number of aliphatic hydroxyl groups excluding tert-OH is 1. The summed E-state index contributed by atoms with van der Waals surface area (Å²) in [5.41, 5.74) is 0.457. The first kappa shape index (κ1) is 19.4. The highest BCUT2D eigenvalue weighted by molar-refractivity contribution is 5.83. The van der Waals surface area contributed by atoms with Crippen molar-refractivity contribution < 1.29 is 19.4 Å².